The predicted molar refractivity (Wildman–Crippen MR) is 76.7 cm³/mol. The molecule has 0 aromatic heterocycles. The van der Waals surface area contributed by atoms with Crippen LogP contribution in [0.2, 0.25) is 0 Å². The Hall–Kier alpha value is -2.34. The zero-order valence-corrected chi connectivity index (χ0v) is 12.2. The standard InChI is InChI=1S/C15H14O5S/c1-2-19-15(16)13-10-6-7-11-14(13)20-21(17,18)12-8-4-3-5-9-12/h3-11H,2H2,1H3. The summed E-state index contributed by atoms with van der Waals surface area (Å²) in [7, 11) is -3.99. The zero-order valence-electron chi connectivity index (χ0n) is 11.4. The Morgan fingerprint density at radius 2 is 1.62 bits per heavy atom. The van der Waals surface area contributed by atoms with Gasteiger partial charge < -0.3 is 8.92 Å². The summed E-state index contributed by atoms with van der Waals surface area (Å²) in [5.74, 6) is -0.684. The van der Waals surface area contributed by atoms with E-state index >= 15 is 0 Å². The molecule has 110 valence electrons. The Kier molecular flexibility index (Phi) is 4.59. The number of benzene rings is 2. The van der Waals surface area contributed by atoms with Crippen molar-refractivity contribution in [1.82, 2.24) is 0 Å². The molecule has 21 heavy (non-hydrogen) atoms. The first-order valence-corrected chi connectivity index (χ1v) is 7.71. The zero-order chi connectivity index (χ0) is 15.3. The lowest BCUT2D eigenvalue weighted by molar-refractivity contribution is 0.0524. The van der Waals surface area contributed by atoms with Crippen molar-refractivity contribution in [1.29, 1.82) is 0 Å². The van der Waals surface area contributed by atoms with Gasteiger partial charge in [0.2, 0.25) is 0 Å². The largest absolute Gasteiger partial charge is 0.462 e. The fourth-order valence-corrected chi connectivity index (χ4v) is 2.64. The molecule has 0 aliphatic heterocycles. The van der Waals surface area contributed by atoms with E-state index in [2.05, 4.69) is 0 Å². The molecule has 0 N–H and O–H groups in total. The monoisotopic (exact) mass is 306 g/mol. The van der Waals surface area contributed by atoms with Crippen molar-refractivity contribution in [2.45, 2.75) is 11.8 Å². The Labute approximate surface area is 123 Å². The minimum atomic E-state index is -3.99. The third-order valence-electron chi connectivity index (χ3n) is 2.61. The third kappa shape index (κ3) is 3.61. The van der Waals surface area contributed by atoms with E-state index in [0.29, 0.717) is 0 Å². The van der Waals surface area contributed by atoms with Crippen LogP contribution in [0.3, 0.4) is 0 Å². The van der Waals surface area contributed by atoms with Gasteiger partial charge in [-0.25, -0.2) is 4.79 Å². The van der Waals surface area contributed by atoms with Crippen LogP contribution in [0.15, 0.2) is 59.5 Å². The second-order valence-electron chi connectivity index (χ2n) is 4.07. The first kappa shape index (κ1) is 15.1. The van der Waals surface area contributed by atoms with Gasteiger partial charge in [-0.15, -0.1) is 0 Å². The summed E-state index contributed by atoms with van der Waals surface area (Å²) in [6.45, 7) is 1.86. The van der Waals surface area contributed by atoms with Gasteiger partial charge in [-0.05, 0) is 31.2 Å². The molecule has 0 saturated heterocycles. The van der Waals surface area contributed by atoms with Gasteiger partial charge in [0.25, 0.3) is 0 Å². The minimum absolute atomic E-state index is 0.0173. The average molecular weight is 306 g/mol. The molecule has 0 unspecified atom stereocenters. The van der Waals surface area contributed by atoms with E-state index in [4.69, 9.17) is 8.92 Å². The molecule has 0 bridgehead atoms. The van der Waals surface area contributed by atoms with E-state index < -0.39 is 16.1 Å². The summed E-state index contributed by atoms with van der Waals surface area (Å²) in [6.07, 6.45) is 0. The molecule has 2 aromatic carbocycles. The molecule has 0 fully saturated rings. The highest BCUT2D eigenvalue weighted by molar-refractivity contribution is 7.87. The average Bonchev–Trinajstić information content (AvgIpc) is 2.48. The molecule has 0 radical (unpaired) electrons. The predicted octanol–water partition coefficient (Wildman–Crippen LogP) is 2.63. The van der Waals surface area contributed by atoms with Crippen molar-refractivity contribution in [2.24, 2.45) is 0 Å². The number of rotatable bonds is 5. The van der Waals surface area contributed by atoms with Crippen LogP contribution in [0.5, 0.6) is 5.75 Å². The summed E-state index contributed by atoms with van der Waals surface area (Å²) in [4.78, 5) is 11.8. The van der Waals surface area contributed by atoms with Crippen LogP contribution < -0.4 is 4.18 Å². The van der Waals surface area contributed by atoms with E-state index in [1.54, 1.807) is 37.3 Å². The minimum Gasteiger partial charge on any atom is -0.462 e. The van der Waals surface area contributed by atoms with Gasteiger partial charge in [0.15, 0.2) is 5.75 Å². The highest BCUT2D eigenvalue weighted by atomic mass is 32.2. The molecule has 0 heterocycles. The molecule has 0 aliphatic rings. The second kappa shape index (κ2) is 6.41. The number of carbonyl (C=O) groups is 1. The van der Waals surface area contributed by atoms with Crippen LogP contribution in [0.1, 0.15) is 17.3 Å². The Morgan fingerprint density at radius 1 is 1.00 bits per heavy atom. The fourth-order valence-electron chi connectivity index (χ4n) is 1.67. The van der Waals surface area contributed by atoms with Gasteiger partial charge in [0.1, 0.15) is 10.5 Å². The molecular formula is C15H14O5S. The number of carbonyl (C=O) groups excluding carboxylic acids is 1. The quantitative estimate of drug-likeness (QED) is 0.627. The van der Waals surface area contributed by atoms with Crippen LogP contribution in [0.25, 0.3) is 0 Å². The van der Waals surface area contributed by atoms with Crippen molar-refractivity contribution in [3.05, 3.63) is 60.2 Å². The Bertz CT molecular complexity index is 723. The number of esters is 1. The van der Waals surface area contributed by atoms with Crippen LogP contribution in [0.4, 0.5) is 0 Å². The SMILES string of the molecule is CCOC(=O)c1ccccc1OS(=O)(=O)c1ccccc1. The van der Waals surface area contributed by atoms with Crippen LogP contribution in [0, 0.1) is 0 Å². The number of hydrogen-bond donors (Lipinski definition) is 0. The molecule has 2 aromatic rings. The summed E-state index contributed by atoms with van der Waals surface area (Å²) in [5.41, 5.74) is 0.0684. The molecule has 6 heteroatoms. The van der Waals surface area contributed by atoms with Crippen molar-refractivity contribution in [2.75, 3.05) is 6.61 Å². The van der Waals surface area contributed by atoms with E-state index in [-0.39, 0.29) is 22.8 Å². The van der Waals surface area contributed by atoms with E-state index in [1.165, 1.54) is 24.3 Å². The summed E-state index contributed by atoms with van der Waals surface area (Å²) in [6, 6.07) is 13.8. The molecule has 0 atom stereocenters. The summed E-state index contributed by atoms with van der Waals surface area (Å²) >= 11 is 0. The van der Waals surface area contributed by atoms with Crippen LogP contribution in [-0.4, -0.2) is 21.0 Å². The first-order chi connectivity index (χ1) is 10.0. The van der Waals surface area contributed by atoms with Gasteiger partial charge >= 0.3 is 16.1 Å². The lowest BCUT2D eigenvalue weighted by Gasteiger charge is -2.10. The number of para-hydroxylation sites is 1. The van der Waals surface area contributed by atoms with Crippen molar-refractivity contribution in [3.8, 4) is 5.75 Å². The maximum Gasteiger partial charge on any atom is 0.341 e. The van der Waals surface area contributed by atoms with Gasteiger partial charge in [-0.2, -0.15) is 8.42 Å². The van der Waals surface area contributed by atoms with Gasteiger partial charge in [0.05, 0.1) is 6.61 Å². The molecule has 0 saturated carbocycles. The van der Waals surface area contributed by atoms with E-state index in [9.17, 15) is 13.2 Å². The highest BCUT2D eigenvalue weighted by Gasteiger charge is 2.21. The van der Waals surface area contributed by atoms with Gasteiger partial charge in [-0.1, -0.05) is 30.3 Å². The summed E-state index contributed by atoms with van der Waals surface area (Å²) in [5, 5.41) is 0. The molecule has 5 nitrogen and oxygen atoms in total. The molecule has 0 spiro atoms. The topological polar surface area (TPSA) is 69.7 Å². The van der Waals surface area contributed by atoms with Crippen LogP contribution in [-0.2, 0) is 14.9 Å². The smallest absolute Gasteiger partial charge is 0.341 e. The number of ether oxygens (including phenoxy) is 1. The Morgan fingerprint density at radius 3 is 2.29 bits per heavy atom. The molecule has 0 aliphatic carbocycles. The van der Waals surface area contributed by atoms with E-state index in [1.807, 2.05) is 0 Å². The first-order valence-electron chi connectivity index (χ1n) is 6.30. The van der Waals surface area contributed by atoms with Crippen LogP contribution >= 0.6 is 0 Å². The fraction of sp³-hybridized carbons (Fsp3) is 0.133. The lowest BCUT2D eigenvalue weighted by atomic mass is 10.2. The highest BCUT2D eigenvalue weighted by Crippen LogP contribution is 2.23. The van der Waals surface area contributed by atoms with E-state index in [0.717, 1.165) is 0 Å². The molecule has 0 amide bonds. The lowest BCUT2D eigenvalue weighted by Crippen LogP contribution is -2.13. The van der Waals surface area contributed by atoms with Gasteiger partial charge in [-0.3, -0.25) is 0 Å². The van der Waals surface area contributed by atoms with Crippen molar-refractivity contribution < 1.29 is 22.1 Å². The Balaban J connectivity index is 2.34. The summed E-state index contributed by atoms with van der Waals surface area (Å²) < 4.78 is 34.3. The number of hydrogen-bond acceptors (Lipinski definition) is 5. The molecule has 2 rings (SSSR count). The van der Waals surface area contributed by atoms with Crippen molar-refractivity contribution in [3.63, 3.8) is 0 Å². The molecular weight excluding hydrogens is 292 g/mol. The maximum atomic E-state index is 12.2. The second-order valence-corrected chi connectivity index (χ2v) is 5.61. The van der Waals surface area contributed by atoms with Gasteiger partial charge in [0, 0.05) is 0 Å². The maximum absolute atomic E-state index is 12.2. The third-order valence-corrected chi connectivity index (χ3v) is 3.86. The normalized spacial score (nSPS) is 10.9. The van der Waals surface area contributed by atoms with Crippen molar-refractivity contribution >= 4 is 16.1 Å².